The molecule has 0 saturated carbocycles. The summed E-state index contributed by atoms with van der Waals surface area (Å²) in [6.07, 6.45) is -0.521. The molecular weight excluding hydrogens is 378 g/mol. The molecule has 1 aromatic rings. The number of esters is 1. The molecule has 0 aromatic heterocycles. The summed E-state index contributed by atoms with van der Waals surface area (Å²) in [4.78, 5) is 47.8. The van der Waals surface area contributed by atoms with E-state index in [2.05, 4.69) is 16.0 Å². The van der Waals surface area contributed by atoms with Gasteiger partial charge in [-0.15, -0.1) is 0 Å². The quantitative estimate of drug-likeness (QED) is 0.523. The van der Waals surface area contributed by atoms with Crippen LogP contribution in [0, 0.1) is 0 Å². The summed E-state index contributed by atoms with van der Waals surface area (Å²) in [6, 6.07) is 8.17. The minimum atomic E-state index is -0.931. The summed E-state index contributed by atoms with van der Waals surface area (Å²) >= 11 is 0. The van der Waals surface area contributed by atoms with E-state index >= 15 is 0 Å². The molecule has 0 aliphatic carbocycles. The topological polar surface area (TPSA) is 123 Å². The first kappa shape index (κ1) is 23.9. The smallest absolute Gasteiger partial charge is 0.408 e. The normalized spacial score (nSPS) is 11.7. The Morgan fingerprint density at radius 1 is 1.00 bits per heavy atom. The van der Waals surface area contributed by atoms with Gasteiger partial charge in [0, 0.05) is 6.42 Å². The van der Waals surface area contributed by atoms with E-state index in [9.17, 15) is 19.2 Å². The summed E-state index contributed by atoms with van der Waals surface area (Å²) in [7, 11) is 0. The molecule has 1 aromatic carbocycles. The molecule has 9 nitrogen and oxygen atoms in total. The summed E-state index contributed by atoms with van der Waals surface area (Å²) in [5.41, 5.74) is 0.132. The number of alkyl carbamates (subject to hydrolysis) is 1. The SMILES string of the molecule is CCOC(=O)CNC(=O)[C@H](Cc1ccccc1)NC(=O)CNC(=O)OC(C)(C)C. The van der Waals surface area contributed by atoms with Gasteiger partial charge in [-0.1, -0.05) is 30.3 Å². The van der Waals surface area contributed by atoms with E-state index in [1.807, 2.05) is 30.3 Å². The van der Waals surface area contributed by atoms with Crippen LogP contribution in [0.25, 0.3) is 0 Å². The Labute approximate surface area is 170 Å². The lowest BCUT2D eigenvalue weighted by atomic mass is 10.1. The van der Waals surface area contributed by atoms with Gasteiger partial charge in [-0.25, -0.2) is 4.79 Å². The zero-order chi connectivity index (χ0) is 21.9. The highest BCUT2D eigenvalue weighted by atomic mass is 16.6. The minimum Gasteiger partial charge on any atom is -0.465 e. The number of carbonyl (C=O) groups is 4. The van der Waals surface area contributed by atoms with Gasteiger partial charge in [-0.05, 0) is 33.3 Å². The number of benzene rings is 1. The number of hydrogen-bond donors (Lipinski definition) is 3. The average molecular weight is 407 g/mol. The lowest BCUT2D eigenvalue weighted by Gasteiger charge is -2.21. The Hall–Kier alpha value is -3.10. The molecule has 0 heterocycles. The second-order valence-corrected chi connectivity index (χ2v) is 7.19. The number of carbonyl (C=O) groups excluding carboxylic acids is 4. The van der Waals surface area contributed by atoms with Crippen molar-refractivity contribution in [2.24, 2.45) is 0 Å². The maximum absolute atomic E-state index is 12.5. The molecule has 0 bridgehead atoms. The summed E-state index contributed by atoms with van der Waals surface area (Å²) in [6.45, 7) is 6.32. The van der Waals surface area contributed by atoms with Gasteiger partial charge in [0.15, 0.2) is 0 Å². The van der Waals surface area contributed by atoms with E-state index in [-0.39, 0.29) is 26.1 Å². The van der Waals surface area contributed by atoms with Crippen molar-refractivity contribution in [3.05, 3.63) is 35.9 Å². The Bertz CT molecular complexity index is 700. The first-order valence-corrected chi connectivity index (χ1v) is 9.34. The standard InChI is InChI=1S/C20H29N3O6/c1-5-28-17(25)13-21-18(26)15(11-14-9-7-6-8-10-14)23-16(24)12-22-19(27)29-20(2,3)4/h6-10,15H,5,11-13H2,1-4H3,(H,21,26)(H,22,27)(H,23,24)/t15-/m0/s1. The van der Waals surface area contributed by atoms with Crippen LogP contribution in [-0.2, 0) is 30.3 Å². The lowest BCUT2D eigenvalue weighted by molar-refractivity contribution is -0.143. The van der Waals surface area contributed by atoms with Crippen molar-refractivity contribution in [1.29, 1.82) is 0 Å². The summed E-state index contributed by atoms with van der Waals surface area (Å²) in [5, 5.41) is 7.35. The monoisotopic (exact) mass is 407 g/mol. The van der Waals surface area contributed by atoms with Gasteiger partial charge in [-0.2, -0.15) is 0 Å². The zero-order valence-corrected chi connectivity index (χ0v) is 17.2. The molecule has 0 spiro atoms. The first-order chi connectivity index (χ1) is 13.6. The van der Waals surface area contributed by atoms with Crippen molar-refractivity contribution >= 4 is 23.9 Å². The van der Waals surface area contributed by atoms with Crippen molar-refractivity contribution in [2.45, 2.75) is 45.8 Å². The van der Waals surface area contributed by atoms with Crippen molar-refractivity contribution in [3.8, 4) is 0 Å². The van der Waals surface area contributed by atoms with Crippen LogP contribution >= 0.6 is 0 Å². The molecule has 0 fully saturated rings. The Kier molecular flexibility index (Phi) is 9.64. The fraction of sp³-hybridized carbons (Fsp3) is 0.500. The predicted molar refractivity (Wildman–Crippen MR) is 106 cm³/mol. The molecule has 0 aliphatic heterocycles. The van der Waals surface area contributed by atoms with Crippen LogP contribution in [0.2, 0.25) is 0 Å². The first-order valence-electron chi connectivity index (χ1n) is 9.34. The molecule has 29 heavy (non-hydrogen) atoms. The molecule has 0 unspecified atom stereocenters. The Balaban J connectivity index is 2.67. The van der Waals surface area contributed by atoms with Gasteiger partial charge in [0.1, 0.15) is 24.7 Å². The molecule has 1 atom stereocenters. The van der Waals surface area contributed by atoms with Gasteiger partial charge in [0.25, 0.3) is 0 Å². The summed E-state index contributed by atoms with van der Waals surface area (Å²) < 4.78 is 9.84. The molecule has 0 radical (unpaired) electrons. The number of rotatable bonds is 9. The van der Waals surface area contributed by atoms with E-state index in [0.29, 0.717) is 0 Å². The molecular formula is C20H29N3O6. The highest BCUT2D eigenvalue weighted by Crippen LogP contribution is 2.06. The van der Waals surface area contributed by atoms with Crippen molar-refractivity contribution in [1.82, 2.24) is 16.0 Å². The van der Waals surface area contributed by atoms with Crippen LogP contribution in [0.3, 0.4) is 0 Å². The van der Waals surface area contributed by atoms with Crippen molar-refractivity contribution in [2.75, 3.05) is 19.7 Å². The second kappa shape index (κ2) is 11.7. The van der Waals surface area contributed by atoms with Crippen molar-refractivity contribution in [3.63, 3.8) is 0 Å². The van der Waals surface area contributed by atoms with Crippen molar-refractivity contribution < 1.29 is 28.7 Å². The molecule has 0 saturated heterocycles. The van der Waals surface area contributed by atoms with Gasteiger partial charge in [-0.3, -0.25) is 14.4 Å². The predicted octanol–water partition coefficient (Wildman–Crippen LogP) is 0.918. The zero-order valence-electron chi connectivity index (χ0n) is 17.2. The second-order valence-electron chi connectivity index (χ2n) is 7.19. The van der Waals surface area contributed by atoms with Crippen LogP contribution < -0.4 is 16.0 Å². The summed E-state index contributed by atoms with van der Waals surface area (Å²) in [5.74, 6) is -1.67. The van der Waals surface area contributed by atoms with E-state index in [1.54, 1.807) is 27.7 Å². The average Bonchev–Trinajstić information content (AvgIpc) is 2.63. The molecule has 3 N–H and O–H groups in total. The highest BCUT2D eigenvalue weighted by molar-refractivity contribution is 5.91. The number of ether oxygens (including phenoxy) is 2. The largest absolute Gasteiger partial charge is 0.465 e. The van der Waals surface area contributed by atoms with Crippen LogP contribution in [0.5, 0.6) is 0 Å². The van der Waals surface area contributed by atoms with Crippen LogP contribution in [0.1, 0.15) is 33.3 Å². The molecule has 160 valence electrons. The van der Waals surface area contributed by atoms with Crippen LogP contribution in [-0.4, -0.2) is 55.2 Å². The fourth-order valence-corrected chi connectivity index (χ4v) is 2.27. The number of nitrogens with one attached hydrogen (secondary N) is 3. The van der Waals surface area contributed by atoms with Crippen LogP contribution in [0.15, 0.2) is 30.3 Å². The maximum atomic E-state index is 12.5. The molecule has 1 rings (SSSR count). The molecule has 0 aliphatic rings. The number of hydrogen-bond acceptors (Lipinski definition) is 6. The lowest BCUT2D eigenvalue weighted by Crippen LogP contribution is -2.51. The van der Waals surface area contributed by atoms with E-state index in [4.69, 9.17) is 9.47 Å². The molecule has 9 heteroatoms. The Morgan fingerprint density at radius 2 is 1.66 bits per heavy atom. The van der Waals surface area contributed by atoms with Gasteiger partial charge < -0.3 is 25.4 Å². The highest BCUT2D eigenvalue weighted by Gasteiger charge is 2.23. The maximum Gasteiger partial charge on any atom is 0.408 e. The molecule has 3 amide bonds. The van der Waals surface area contributed by atoms with E-state index < -0.39 is 35.5 Å². The third-order valence-electron chi connectivity index (χ3n) is 3.44. The number of amides is 3. The minimum absolute atomic E-state index is 0.204. The van der Waals surface area contributed by atoms with Gasteiger partial charge >= 0.3 is 12.1 Å². The third kappa shape index (κ3) is 10.7. The van der Waals surface area contributed by atoms with E-state index in [1.165, 1.54) is 0 Å². The fourth-order valence-electron chi connectivity index (χ4n) is 2.27. The van der Waals surface area contributed by atoms with Gasteiger partial charge in [0.05, 0.1) is 6.61 Å². The third-order valence-corrected chi connectivity index (χ3v) is 3.44. The van der Waals surface area contributed by atoms with Gasteiger partial charge in [0.2, 0.25) is 11.8 Å². The van der Waals surface area contributed by atoms with Crippen LogP contribution in [0.4, 0.5) is 4.79 Å². The Morgan fingerprint density at radius 3 is 2.24 bits per heavy atom. The van der Waals surface area contributed by atoms with E-state index in [0.717, 1.165) is 5.56 Å².